The molecule has 3 nitrogen and oxygen atoms in total. The van der Waals surface area contributed by atoms with E-state index in [2.05, 4.69) is 42.6 Å². The first kappa shape index (κ1) is 18.7. The summed E-state index contributed by atoms with van der Waals surface area (Å²) < 4.78 is 0. The van der Waals surface area contributed by atoms with Gasteiger partial charge in [-0.3, -0.25) is 4.79 Å². The average molecular weight is 381 g/mol. The lowest BCUT2D eigenvalue weighted by Gasteiger charge is -2.65. The first-order chi connectivity index (χ1) is 13.4. The van der Waals surface area contributed by atoms with Gasteiger partial charge in [0.05, 0.1) is 5.41 Å². The Kier molecular flexibility index (Phi) is 4.39. The molecule has 3 heteroatoms. The van der Waals surface area contributed by atoms with E-state index in [1.165, 1.54) is 37.7 Å². The number of amides is 1. The molecule has 5 aliphatic rings. The Morgan fingerprint density at radius 3 is 2.46 bits per heavy atom. The molecule has 0 aliphatic heterocycles. The second-order valence-corrected chi connectivity index (χ2v) is 11.2. The first-order valence-electron chi connectivity index (χ1n) is 11.5. The molecule has 28 heavy (non-hydrogen) atoms. The van der Waals surface area contributed by atoms with Crippen LogP contribution >= 0.6 is 0 Å². The fourth-order valence-electron chi connectivity index (χ4n) is 8.17. The molecule has 5 aliphatic carbocycles. The van der Waals surface area contributed by atoms with Gasteiger partial charge in [-0.2, -0.15) is 0 Å². The minimum atomic E-state index is -0.144. The molecule has 0 heterocycles. The maximum absolute atomic E-state index is 13.7. The van der Waals surface area contributed by atoms with Crippen molar-refractivity contribution in [3.63, 3.8) is 0 Å². The summed E-state index contributed by atoms with van der Waals surface area (Å²) in [4.78, 5) is 13.7. The van der Waals surface area contributed by atoms with E-state index in [1.54, 1.807) is 0 Å². The molecule has 2 unspecified atom stereocenters. The van der Waals surface area contributed by atoms with E-state index >= 15 is 0 Å². The van der Waals surface area contributed by atoms with Crippen LogP contribution in [0.5, 0.6) is 0 Å². The van der Waals surface area contributed by atoms with Gasteiger partial charge in [-0.15, -0.1) is 0 Å². The maximum atomic E-state index is 13.7. The number of carbonyl (C=O) groups excluding carboxylic acids is 1. The SMILES string of the molecule is C[C@]12CC3CC(C(=O)N[C@H]4CC[C@H](CN)CC4)(C1)C[C@@](c1ccccc1)(C3)C2. The van der Waals surface area contributed by atoms with Crippen LogP contribution in [0.3, 0.4) is 0 Å². The largest absolute Gasteiger partial charge is 0.353 e. The van der Waals surface area contributed by atoms with Gasteiger partial charge in [0.25, 0.3) is 0 Å². The van der Waals surface area contributed by atoms with Crippen molar-refractivity contribution < 1.29 is 4.79 Å². The van der Waals surface area contributed by atoms with Crippen molar-refractivity contribution in [3.8, 4) is 0 Å². The van der Waals surface area contributed by atoms with Crippen molar-refractivity contribution >= 4 is 5.91 Å². The molecule has 0 radical (unpaired) electrons. The smallest absolute Gasteiger partial charge is 0.226 e. The Morgan fingerprint density at radius 1 is 1.04 bits per heavy atom. The van der Waals surface area contributed by atoms with Gasteiger partial charge in [-0.25, -0.2) is 0 Å². The Hall–Kier alpha value is -1.35. The second-order valence-electron chi connectivity index (χ2n) is 11.2. The van der Waals surface area contributed by atoms with Crippen LogP contribution in [0.1, 0.15) is 76.7 Å². The van der Waals surface area contributed by atoms with Crippen molar-refractivity contribution in [3.05, 3.63) is 35.9 Å². The Balaban J connectivity index is 1.39. The van der Waals surface area contributed by atoms with Crippen LogP contribution in [-0.4, -0.2) is 18.5 Å². The lowest BCUT2D eigenvalue weighted by molar-refractivity contribution is -0.161. The van der Waals surface area contributed by atoms with Crippen LogP contribution in [0, 0.1) is 22.7 Å². The monoisotopic (exact) mass is 380 g/mol. The van der Waals surface area contributed by atoms with E-state index in [9.17, 15) is 4.79 Å². The van der Waals surface area contributed by atoms with Crippen molar-refractivity contribution in [2.75, 3.05) is 6.54 Å². The number of hydrogen-bond donors (Lipinski definition) is 2. The van der Waals surface area contributed by atoms with E-state index < -0.39 is 0 Å². The minimum Gasteiger partial charge on any atom is -0.353 e. The third-order valence-corrected chi connectivity index (χ3v) is 8.73. The van der Waals surface area contributed by atoms with Crippen LogP contribution in [0.15, 0.2) is 30.3 Å². The van der Waals surface area contributed by atoms with E-state index in [0.717, 1.165) is 38.6 Å². The molecule has 0 saturated heterocycles. The lowest BCUT2D eigenvalue weighted by atomic mass is 9.38. The number of carbonyl (C=O) groups is 1. The molecular weight excluding hydrogens is 344 g/mol. The summed E-state index contributed by atoms with van der Waals surface area (Å²) in [7, 11) is 0. The number of rotatable bonds is 4. The third kappa shape index (κ3) is 3.01. The quantitative estimate of drug-likeness (QED) is 0.805. The van der Waals surface area contributed by atoms with Crippen molar-refractivity contribution in [1.29, 1.82) is 0 Å². The normalized spacial score (nSPS) is 44.4. The molecule has 5 fully saturated rings. The number of hydrogen-bond acceptors (Lipinski definition) is 2. The zero-order valence-corrected chi connectivity index (χ0v) is 17.4. The fraction of sp³-hybridized carbons (Fsp3) is 0.720. The standard InChI is InChI=1S/C25H36N2O/c1-23-11-19-12-24(15-23,20-5-3-2-4-6-20)17-25(13-19,16-23)22(28)27-21-9-7-18(14-26)8-10-21/h2-6,18-19,21H,7-17,26H2,1H3,(H,27,28)/t18-,19?,21-,23-,24-,25?/m1/s1. The van der Waals surface area contributed by atoms with Gasteiger partial charge in [0.15, 0.2) is 0 Å². The van der Waals surface area contributed by atoms with E-state index in [0.29, 0.717) is 29.2 Å². The maximum Gasteiger partial charge on any atom is 0.226 e. The predicted molar refractivity (Wildman–Crippen MR) is 113 cm³/mol. The summed E-state index contributed by atoms with van der Waals surface area (Å²) >= 11 is 0. The zero-order chi connectivity index (χ0) is 19.4. The van der Waals surface area contributed by atoms with Crippen LogP contribution < -0.4 is 11.1 Å². The number of nitrogens with one attached hydrogen (secondary N) is 1. The fourth-order valence-corrected chi connectivity index (χ4v) is 8.17. The summed E-state index contributed by atoms with van der Waals surface area (Å²) in [5.74, 6) is 1.74. The highest BCUT2D eigenvalue weighted by Crippen LogP contribution is 2.70. The Labute approximate surface area is 169 Å². The van der Waals surface area contributed by atoms with Gasteiger partial charge in [0.2, 0.25) is 5.91 Å². The van der Waals surface area contributed by atoms with Crippen molar-refractivity contribution in [2.24, 2.45) is 28.4 Å². The summed E-state index contributed by atoms with van der Waals surface area (Å²) in [6, 6.07) is 11.5. The highest BCUT2D eigenvalue weighted by atomic mass is 16.2. The summed E-state index contributed by atoms with van der Waals surface area (Å²) in [5, 5.41) is 3.53. The van der Waals surface area contributed by atoms with Crippen molar-refractivity contribution in [2.45, 2.75) is 82.6 Å². The second kappa shape index (κ2) is 6.58. The van der Waals surface area contributed by atoms with Crippen LogP contribution in [0.25, 0.3) is 0 Å². The van der Waals surface area contributed by atoms with Gasteiger partial charge >= 0.3 is 0 Å². The Morgan fingerprint density at radius 2 is 1.79 bits per heavy atom. The molecule has 1 aromatic carbocycles. The molecule has 6 rings (SSSR count). The van der Waals surface area contributed by atoms with Gasteiger partial charge in [0.1, 0.15) is 0 Å². The third-order valence-electron chi connectivity index (χ3n) is 8.73. The molecular formula is C25H36N2O. The highest BCUT2D eigenvalue weighted by molar-refractivity contribution is 5.84. The van der Waals surface area contributed by atoms with Gasteiger partial charge in [-0.1, -0.05) is 37.3 Å². The lowest BCUT2D eigenvalue weighted by Crippen LogP contribution is -2.62. The minimum absolute atomic E-state index is 0.144. The zero-order valence-electron chi connectivity index (χ0n) is 17.4. The van der Waals surface area contributed by atoms with E-state index in [4.69, 9.17) is 5.73 Å². The van der Waals surface area contributed by atoms with E-state index in [1.807, 2.05) is 0 Å². The number of benzene rings is 1. The topological polar surface area (TPSA) is 55.1 Å². The van der Waals surface area contributed by atoms with Crippen LogP contribution in [-0.2, 0) is 10.2 Å². The molecule has 0 aromatic heterocycles. The average Bonchev–Trinajstić information content (AvgIpc) is 2.67. The summed E-state index contributed by atoms with van der Waals surface area (Å²) in [6.07, 6.45) is 11.7. The first-order valence-corrected chi connectivity index (χ1v) is 11.5. The Bertz CT molecular complexity index is 740. The van der Waals surface area contributed by atoms with Crippen LogP contribution in [0.2, 0.25) is 0 Å². The molecule has 4 bridgehead atoms. The molecule has 1 amide bonds. The highest BCUT2D eigenvalue weighted by Gasteiger charge is 2.64. The molecule has 4 atom stereocenters. The van der Waals surface area contributed by atoms with Gasteiger partial charge in [-0.05, 0) is 99.0 Å². The summed E-state index contributed by atoms with van der Waals surface area (Å²) in [6.45, 7) is 3.26. The molecule has 3 N–H and O–H groups in total. The number of nitrogens with two attached hydrogens (primary N) is 1. The van der Waals surface area contributed by atoms with Gasteiger partial charge in [0, 0.05) is 6.04 Å². The molecule has 1 aromatic rings. The molecule has 5 saturated carbocycles. The van der Waals surface area contributed by atoms with Crippen molar-refractivity contribution in [1.82, 2.24) is 5.32 Å². The molecule has 152 valence electrons. The summed E-state index contributed by atoms with van der Waals surface area (Å²) in [5.41, 5.74) is 7.72. The molecule has 0 spiro atoms. The predicted octanol–water partition coefficient (Wildman–Crippen LogP) is 4.55. The van der Waals surface area contributed by atoms with E-state index in [-0.39, 0.29) is 10.8 Å². The van der Waals surface area contributed by atoms with Gasteiger partial charge < -0.3 is 11.1 Å². The van der Waals surface area contributed by atoms with Crippen LogP contribution in [0.4, 0.5) is 0 Å².